The van der Waals surface area contributed by atoms with Crippen LogP contribution >= 0.6 is 0 Å². The van der Waals surface area contributed by atoms with Crippen molar-refractivity contribution in [1.29, 1.82) is 0 Å². The minimum Gasteiger partial charge on any atom is -0.464 e. The first-order valence-electron chi connectivity index (χ1n) is 10.8. The number of nitrogens with one attached hydrogen (secondary N) is 1. The van der Waals surface area contributed by atoms with Crippen molar-refractivity contribution < 1.29 is 23.8 Å². The van der Waals surface area contributed by atoms with E-state index in [1.54, 1.807) is 27.0 Å². The lowest BCUT2D eigenvalue weighted by Gasteiger charge is -2.35. The number of carbonyl (C=O) groups is 2. The maximum Gasteiger partial charge on any atom is 0.412 e. The van der Waals surface area contributed by atoms with E-state index < -0.39 is 17.7 Å². The SMILES string of the molecule is COC(=O)C(=CCO[C@H]1C[C@H](CCc2ccc3cccnc3n2)C1)NC(=O)OC(C)(C)C. The van der Waals surface area contributed by atoms with Crippen LogP contribution in [0.3, 0.4) is 0 Å². The highest BCUT2D eigenvalue weighted by atomic mass is 16.6. The first-order valence-corrected chi connectivity index (χ1v) is 10.8. The number of hydrogen-bond acceptors (Lipinski definition) is 7. The minimum atomic E-state index is -0.713. The lowest BCUT2D eigenvalue weighted by molar-refractivity contribution is -0.136. The zero-order valence-electron chi connectivity index (χ0n) is 19.1. The van der Waals surface area contributed by atoms with Gasteiger partial charge in [-0.3, -0.25) is 5.32 Å². The number of esters is 1. The lowest BCUT2D eigenvalue weighted by Crippen LogP contribution is -2.35. The molecule has 1 saturated carbocycles. The van der Waals surface area contributed by atoms with Gasteiger partial charge < -0.3 is 14.2 Å². The molecule has 0 radical (unpaired) electrons. The van der Waals surface area contributed by atoms with Crippen molar-refractivity contribution in [3.05, 3.63) is 47.9 Å². The quantitative estimate of drug-likeness (QED) is 0.489. The maximum atomic E-state index is 11.9. The Morgan fingerprint density at radius 1 is 1.22 bits per heavy atom. The third kappa shape index (κ3) is 7.02. The van der Waals surface area contributed by atoms with Crippen molar-refractivity contribution in [3.63, 3.8) is 0 Å². The molecule has 1 aliphatic carbocycles. The molecule has 2 aromatic rings. The molecule has 8 nitrogen and oxygen atoms in total. The van der Waals surface area contributed by atoms with Gasteiger partial charge in [-0.2, -0.15) is 0 Å². The van der Waals surface area contributed by atoms with Crippen LogP contribution < -0.4 is 5.32 Å². The Kier molecular flexibility index (Phi) is 7.80. The highest BCUT2D eigenvalue weighted by molar-refractivity contribution is 5.92. The lowest BCUT2D eigenvalue weighted by atomic mass is 9.79. The number of alkyl carbamates (subject to hydrolysis) is 1. The van der Waals surface area contributed by atoms with Gasteiger partial charge in [-0.05, 0) is 82.7 Å². The van der Waals surface area contributed by atoms with Crippen LogP contribution in [0, 0.1) is 5.92 Å². The molecule has 0 atom stereocenters. The number of methoxy groups -OCH3 is 1. The Balaban J connectivity index is 1.40. The van der Waals surface area contributed by atoms with Gasteiger partial charge in [0.15, 0.2) is 5.65 Å². The van der Waals surface area contributed by atoms with Crippen LogP contribution in [0.4, 0.5) is 4.79 Å². The standard InChI is InChI=1S/C24H31N3O5/c1-24(2,3)32-23(29)27-20(22(28)30-4)11-13-31-19-14-16(15-19)7-9-18-10-8-17-6-5-12-25-21(17)26-18/h5-6,8,10-12,16,19H,7,9,13-15H2,1-4H3,(H,27,29)/t16-,19-. The van der Waals surface area contributed by atoms with Gasteiger partial charge in [-0.1, -0.05) is 0 Å². The molecule has 2 aromatic heterocycles. The van der Waals surface area contributed by atoms with E-state index in [-0.39, 0.29) is 18.4 Å². The average molecular weight is 442 g/mol. The van der Waals surface area contributed by atoms with E-state index in [1.807, 2.05) is 12.1 Å². The zero-order chi connectivity index (χ0) is 23.1. The summed E-state index contributed by atoms with van der Waals surface area (Å²) in [5, 5.41) is 3.48. The summed E-state index contributed by atoms with van der Waals surface area (Å²) in [7, 11) is 1.25. The number of pyridine rings is 2. The van der Waals surface area contributed by atoms with Crippen LogP contribution in [0.1, 0.15) is 45.7 Å². The number of hydrogen-bond donors (Lipinski definition) is 1. The molecule has 2 heterocycles. The second kappa shape index (κ2) is 10.5. The summed E-state index contributed by atoms with van der Waals surface area (Å²) in [5.41, 5.74) is 1.18. The van der Waals surface area contributed by atoms with Gasteiger partial charge in [0.2, 0.25) is 0 Å². The Hall–Kier alpha value is -3.00. The third-order valence-corrected chi connectivity index (χ3v) is 5.18. The van der Waals surface area contributed by atoms with Crippen molar-refractivity contribution in [2.45, 2.75) is 58.2 Å². The molecule has 1 N–H and O–H groups in total. The van der Waals surface area contributed by atoms with Crippen molar-refractivity contribution in [1.82, 2.24) is 15.3 Å². The fourth-order valence-corrected chi connectivity index (χ4v) is 3.51. The third-order valence-electron chi connectivity index (χ3n) is 5.18. The predicted octanol–water partition coefficient (Wildman–Crippen LogP) is 3.94. The molecular weight excluding hydrogens is 410 g/mol. The van der Waals surface area contributed by atoms with Gasteiger partial charge in [-0.15, -0.1) is 0 Å². The summed E-state index contributed by atoms with van der Waals surface area (Å²) in [6, 6.07) is 8.05. The fraction of sp³-hybridized carbons (Fsp3) is 0.500. The molecule has 0 unspecified atom stereocenters. The van der Waals surface area contributed by atoms with E-state index in [2.05, 4.69) is 27.4 Å². The molecule has 3 rings (SSSR count). The summed E-state index contributed by atoms with van der Waals surface area (Å²) < 4.78 is 15.7. The van der Waals surface area contributed by atoms with E-state index in [0.29, 0.717) is 5.92 Å². The van der Waals surface area contributed by atoms with E-state index in [9.17, 15) is 9.59 Å². The average Bonchev–Trinajstić information content (AvgIpc) is 2.71. The number of carbonyl (C=O) groups excluding carboxylic acids is 2. The largest absolute Gasteiger partial charge is 0.464 e. The van der Waals surface area contributed by atoms with Crippen LogP contribution in [-0.4, -0.2) is 47.5 Å². The number of aromatic nitrogens is 2. The Morgan fingerprint density at radius 3 is 2.72 bits per heavy atom. The molecule has 0 spiro atoms. The van der Waals surface area contributed by atoms with E-state index in [1.165, 1.54) is 13.2 Å². The fourth-order valence-electron chi connectivity index (χ4n) is 3.51. The Morgan fingerprint density at radius 2 is 2.00 bits per heavy atom. The molecule has 1 aliphatic rings. The van der Waals surface area contributed by atoms with Crippen LogP contribution in [0.5, 0.6) is 0 Å². The molecule has 0 bridgehead atoms. The number of ether oxygens (including phenoxy) is 3. The summed E-state index contributed by atoms with van der Waals surface area (Å²) in [5.74, 6) is -0.0616. The van der Waals surface area contributed by atoms with Crippen LogP contribution in [0.15, 0.2) is 42.2 Å². The Labute approximate surface area is 188 Å². The van der Waals surface area contributed by atoms with Crippen LogP contribution in [0.2, 0.25) is 0 Å². The van der Waals surface area contributed by atoms with Crippen molar-refractivity contribution in [3.8, 4) is 0 Å². The van der Waals surface area contributed by atoms with E-state index in [4.69, 9.17) is 14.2 Å². The molecule has 32 heavy (non-hydrogen) atoms. The highest BCUT2D eigenvalue weighted by Gasteiger charge is 2.29. The van der Waals surface area contributed by atoms with E-state index in [0.717, 1.165) is 42.4 Å². The molecule has 0 aliphatic heterocycles. The van der Waals surface area contributed by atoms with Gasteiger partial charge in [-0.25, -0.2) is 19.6 Å². The van der Waals surface area contributed by atoms with Gasteiger partial charge in [0, 0.05) is 17.3 Å². The summed E-state index contributed by atoms with van der Waals surface area (Å²) in [4.78, 5) is 32.8. The molecule has 1 amide bonds. The number of amides is 1. The summed E-state index contributed by atoms with van der Waals surface area (Å²) >= 11 is 0. The van der Waals surface area contributed by atoms with Gasteiger partial charge in [0.25, 0.3) is 0 Å². The minimum absolute atomic E-state index is 0.00797. The van der Waals surface area contributed by atoms with Crippen molar-refractivity contribution >= 4 is 23.1 Å². The molecule has 0 saturated heterocycles. The number of aryl methyl sites for hydroxylation is 1. The number of nitrogens with zero attached hydrogens (tertiary/aromatic N) is 2. The first kappa shape index (κ1) is 23.7. The van der Waals surface area contributed by atoms with Crippen LogP contribution in [-0.2, 0) is 25.4 Å². The monoisotopic (exact) mass is 441 g/mol. The molecular formula is C24H31N3O5. The van der Waals surface area contributed by atoms with Crippen molar-refractivity contribution in [2.75, 3.05) is 13.7 Å². The van der Waals surface area contributed by atoms with Gasteiger partial charge in [0.1, 0.15) is 11.3 Å². The zero-order valence-corrected chi connectivity index (χ0v) is 19.1. The molecule has 1 fully saturated rings. The molecule has 0 aromatic carbocycles. The summed E-state index contributed by atoms with van der Waals surface area (Å²) in [6.07, 6.45) is 6.59. The molecule has 8 heteroatoms. The maximum absolute atomic E-state index is 11.9. The smallest absolute Gasteiger partial charge is 0.412 e. The van der Waals surface area contributed by atoms with Gasteiger partial charge >= 0.3 is 12.1 Å². The number of rotatable bonds is 8. The van der Waals surface area contributed by atoms with Crippen LogP contribution in [0.25, 0.3) is 11.0 Å². The highest BCUT2D eigenvalue weighted by Crippen LogP contribution is 2.33. The first-order chi connectivity index (χ1) is 15.2. The summed E-state index contributed by atoms with van der Waals surface area (Å²) in [6.45, 7) is 5.45. The van der Waals surface area contributed by atoms with E-state index >= 15 is 0 Å². The normalized spacial score (nSPS) is 18.7. The molecule has 172 valence electrons. The second-order valence-electron chi connectivity index (χ2n) is 8.92. The topological polar surface area (TPSA) is 99.6 Å². The predicted molar refractivity (Wildman–Crippen MR) is 120 cm³/mol. The van der Waals surface area contributed by atoms with Gasteiger partial charge in [0.05, 0.1) is 19.8 Å². The number of fused-ring (bicyclic) bond motifs is 1. The second-order valence-corrected chi connectivity index (χ2v) is 8.92. The Bertz CT molecular complexity index is 977. The van der Waals surface area contributed by atoms with Crippen molar-refractivity contribution in [2.24, 2.45) is 5.92 Å².